The third-order valence-corrected chi connectivity index (χ3v) is 5.75. The maximum atomic E-state index is 13.0. The summed E-state index contributed by atoms with van der Waals surface area (Å²) in [6, 6.07) is 8.33. The number of hydrogen-bond donors (Lipinski definition) is 1. The molecule has 152 valence electrons. The third kappa shape index (κ3) is 4.94. The average Bonchev–Trinajstić information content (AvgIpc) is 2.61. The number of sulfonamides is 1. The van der Waals surface area contributed by atoms with Crippen LogP contribution in [0.25, 0.3) is 0 Å². The van der Waals surface area contributed by atoms with Crippen LogP contribution < -0.4 is 10.1 Å². The van der Waals surface area contributed by atoms with Gasteiger partial charge in [0.1, 0.15) is 10.6 Å². The number of nitrogens with zero attached hydrogens (tertiary/aromatic N) is 1. The van der Waals surface area contributed by atoms with E-state index in [2.05, 4.69) is 5.32 Å². The van der Waals surface area contributed by atoms with Crippen LogP contribution in [-0.2, 0) is 21.0 Å². The first kappa shape index (κ1) is 22.0. The fraction of sp³-hybridized carbons (Fsp3) is 0.235. The molecule has 0 bridgehead atoms. The first-order chi connectivity index (χ1) is 13.0. The lowest BCUT2D eigenvalue weighted by Gasteiger charge is -2.19. The minimum absolute atomic E-state index is 0.0130. The number of methoxy groups -OCH3 is 1. The fourth-order valence-corrected chi connectivity index (χ4v) is 3.88. The van der Waals surface area contributed by atoms with Gasteiger partial charge in [-0.15, -0.1) is 0 Å². The van der Waals surface area contributed by atoms with Crippen molar-refractivity contribution in [1.29, 1.82) is 0 Å². The van der Waals surface area contributed by atoms with Crippen LogP contribution in [0.5, 0.6) is 5.75 Å². The zero-order valence-corrected chi connectivity index (χ0v) is 16.3. The first-order valence-electron chi connectivity index (χ1n) is 7.72. The van der Waals surface area contributed by atoms with E-state index in [4.69, 9.17) is 16.3 Å². The molecule has 0 aliphatic carbocycles. The number of likely N-dealkylation sites (N-methyl/N-ethyl adjacent to an activating group) is 1. The summed E-state index contributed by atoms with van der Waals surface area (Å²) in [5.74, 6) is -0.928. The lowest BCUT2D eigenvalue weighted by Crippen LogP contribution is -2.35. The summed E-state index contributed by atoms with van der Waals surface area (Å²) in [5.41, 5.74) is -1.50. The van der Waals surface area contributed by atoms with Crippen LogP contribution in [0.2, 0.25) is 5.02 Å². The predicted octanol–water partition coefficient (Wildman–Crippen LogP) is 3.63. The summed E-state index contributed by atoms with van der Waals surface area (Å²) >= 11 is 5.83. The van der Waals surface area contributed by atoms with E-state index in [1.807, 2.05) is 0 Å². The Labute approximate surface area is 164 Å². The van der Waals surface area contributed by atoms with Crippen molar-refractivity contribution in [3.8, 4) is 5.75 Å². The summed E-state index contributed by atoms with van der Waals surface area (Å²) < 4.78 is 70.1. The van der Waals surface area contributed by atoms with Gasteiger partial charge in [0, 0.05) is 12.1 Å². The number of ether oxygens (including phenoxy) is 1. The summed E-state index contributed by atoms with van der Waals surface area (Å²) in [5, 5.41) is 2.22. The number of carbonyl (C=O) groups excluding carboxylic acids is 1. The van der Waals surface area contributed by atoms with Gasteiger partial charge in [-0.25, -0.2) is 8.42 Å². The second-order valence-corrected chi connectivity index (χ2v) is 8.10. The van der Waals surface area contributed by atoms with Crippen molar-refractivity contribution in [2.45, 2.75) is 11.1 Å². The van der Waals surface area contributed by atoms with Crippen LogP contribution in [0.4, 0.5) is 18.9 Å². The Kier molecular flexibility index (Phi) is 6.58. The zero-order valence-electron chi connectivity index (χ0n) is 14.7. The second-order valence-electron chi connectivity index (χ2n) is 5.65. The van der Waals surface area contributed by atoms with Gasteiger partial charge >= 0.3 is 6.18 Å². The van der Waals surface area contributed by atoms with Crippen LogP contribution in [-0.4, -0.2) is 39.3 Å². The number of rotatable bonds is 6. The molecule has 1 N–H and O–H groups in total. The van der Waals surface area contributed by atoms with Gasteiger partial charge in [-0.1, -0.05) is 23.7 Å². The first-order valence-corrected chi connectivity index (χ1v) is 9.54. The van der Waals surface area contributed by atoms with Crippen molar-refractivity contribution in [3.05, 3.63) is 53.1 Å². The molecule has 6 nitrogen and oxygen atoms in total. The Hall–Kier alpha value is -2.30. The number of halogens is 4. The average molecular weight is 437 g/mol. The van der Waals surface area contributed by atoms with Crippen molar-refractivity contribution in [3.63, 3.8) is 0 Å². The Balaban J connectivity index is 2.23. The SMILES string of the molecule is COc1ccc(Cl)cc1S(=O)(=O)N(C)CC(=O)Nc1ccccc1C(F)(F)F. The molecule has 0 aliphatic rings. The number of benzene rings is 2. The van der Waals surface area contributed by atoms with Crippen LogP contribution in [0.15, 0.2) is 47.4 Å². The molecule has 0 saturated heterocycles. The fourth-order valence-electron chi connectivity index (χ4n) is 2.34. The molecule has 0 unspecified atom stereocenters. The Morgan fingerprint density at radius 3 is 2.46 bits per heavy atom. The number of anilines is 1. The molecule has 0 fully saturated rings. The van der Waals surface area contributed by atoms with Gasteiger partial charge < -0.3 is 10.1 Å². The van der Waals surface area contributed by atoms with E-state index < -0.39 is 39.9 Å². The Bertz CT molecular complexity index is 981. The predicted molar refractivity (Wildman–Crippen MR) is 97.9 cm³/mol. The van der Waals surface area contributed by atoms with Gasteiger partial charge in [0.25, 0.3) is 0 Å². The number of carbonyl (C=O) groups is 1. The molecular formula is C17H16ClF3N2O4S. The molecule has 2 aromatic rings. The van der Waals surface area contributed by atoms with E-state index in [-0.39, 0.29) is 15.7 Å². The molecule has 0 spiro atoms. The molecule has 0 radical (unpaired) electrons. The van der Waals surface area contributed by atoms with Crippen molar-refractivity contribution >= 4 is 33.2 Å². The van der Waals surface area contributed by atoms with E-state index in [9.17, 15) is 26.4 Å². The number of hydrogen-bond acceptors (Lipinski definition) is 4. The topological polar surface area (TPSA) is 75.7 Å². The highest BCUT2D eigenvalue weighted by atomic mass is 35.5. The molecule has 0 atom stereocenters. The van der Waals surface area contributed by atoms with Crippen molar-refractivity contribution < 1.29 is 31.1 Å². The summed E-state index contributed by atoms with van der Waals surface area (Å²) in [6.45, 7) is -0.718. The van der Waals surface area contributed by atoms with Crippen LogP contribution in [0.3, 0.4) is 0 Å². The lowest BCUT2D eigenvalue weighted by molar-refractivity contribution is -0.137. The van der Waals surface area contributed by atoms with Crippen molar-refractivity contribution in [2.24, 2.45) is 0 Å². The molecule has 2 aromatic carbocycles. The minimum atomic E-state index is -4.67. The van der Waals surface area contributed by atoms with Crippen molar-refractivity contribution in [2.75, 3.05) is 26.0 Å². The third-order valence-electron chi connectivity index (χ3n) is 3.69. The van der Waals surface area contributed by atoms with Crippen LogP contribution in [0.1, 0.15) is 5.56 Å². The van der Waals surface area contributed by atoms with E-state index >= 15 is 0 Å². The maximum absolute atomic E-state index is 13.0. The smallest absolute Gasteiger partial charge is 0.418 e. The highest BCUT2D eigenvalue weighted by Crippen LogP contribution is 2.34. The van der Waals surface area contributed by atoms with Crippen LogP contribution >= 0.6 is 11.6 Å². The number of nitrogens with one attached hydrogen (secondary N) is 1. The molecule has 0 aromatic heterocycles. The maximum Gasteiger partial charge on any atom is 0.418 e. The van der Waals surface area contributed by atoms with Gasteiger partial charge in [0.2, 0.25) is 15.9 Å². The van der Waals surface area contributed by atoms with Gasteiger partial charge in [0.05, 0.1) is 24.9 Å². The lowest BCUT2D eigenvalue weighted by atomic mass is 10.1. The quantitative estimate of drug-likeness (QED) is 0.750. The Morgan fingerprint density at radius 2 is 1.86 bits per heavy atom. The molecule has 0 saturated carbocycles. The van der Waals surface area contributed by atoms with E-state index in [1.54, 1.807) is 0 Å². The number of amides is 1. The Morgan fingerprint density at radius 1 is 1.21 bits per heavy atom. The van der Waals surface area contributed by atoms with Gasteiger partial charge in [-0.05, 0) is 30.3 Å². The highest BCUT2D eigenvalue weighted by Gasteiger charge is 2.34. The molecule has 0 heterocycles. The number of para-hydroxylation sites is 1. The highest BCUT2D eigenvalue weighted by molar-refractivity contribution is 7.89. The van der Waals surface area contributed by atoms with Gasteiger partial charge in [0.15, 0.2) is 0 Å². The molecule has 1 amide bonds. The summed E-state index contributed by atoms with van der Waals surface area (Å²) in [4.78, 5) is 11.9. The normalized spacial score (nSPS) is 12.1. The number of alkyl halides is 3. The second kappa shape index (κ2) is 8.38. The van der Waals surface area contributed by atoms with Crippen molar-refractivity contribution in [1.82, 2.24) is 4.31 Å². The molecule has 11 heteroatoms. The molecule has 28 heavy (non-hydrogen) atoms. The minimum Gasteiger partial charge on any atom is -0.495 e. The molecule has 0 aliphatic heterocycles. The van der Waals surface area contributed by atoms with E-state index in [1.165, 1.54) is 31.4 Å². The van der Waals surface area contributed by atoms with Crippen LogP contribution in [0, 0.1) is 0 Å². The van der Waals surface area contributed by atoms with E-state index in [0.29, 0.717) is 4.31 Å². The summed E-state index contributed by atoms with van der Waals surface area (Å²) in [7, 11) is -1.81. The zero-order chi connectivity index (χ0) is 21.1. The summed E-state index contributed by atoms with van der Waals surface area (Å²) in [6.07, 6.45) is -4.67. The monoisotopic (exact) mass is 436 g/mol. The van der Waals surface area contributed by atoms with Gasteiger partial charge in [-0.2, -0.15) is 17.5 Å². The largest absolute Gasteiger partial charge is 0.495 e. The molecule has 2 rings (SSSR count). The standard InChI is InChI=1S/C17H16ClF3N2O4S/c1-23(28(25,26)15-9-11(18)7-8-14(15)27-2)10-16(24)22-13-6-4-3-5-12(13)17(19,20)21/h3-9H,10H2,1-2H3,(H,22,24). The van der Waals surface area contributed by atoms with Gasteiger partial charge in [-0.3, -0.25) is 4.79 Å². The molecular weight excluding hydrogens is 421 g/mol. The van der Waals surface area contributed by atoms with E-state index in [0.717, 1.165) is 25.2 Å².